The Morgan fingerprint density at radius 2 is 2.40 bits per heavy atom. The number of aliphatic hydroxyl groups is 1. The highest BCUT2D eigenvalue weighted by molar-refractivity contribution is 7.11. The SMILES string of the molecule is COCC(O)CNC(C)c1cnc(C)s1. The van der Waals surface area contributed by atoms with Crippen LogP contribution in [0.5, 0.6) is 0 Å². The summed E-state index contributed by atoms with van der Waals surface area (Å²) < 4.78 is 4.85. The Kier molecular flexibility index (Phi) is 5.17. The third-order valence-corrected chi connectivity index (χ3v) is 3.18. The van der Waals surface area contributed by atoms with E-state index in [2.05, 4.69) is 17.2 Å². The van der Waals surface area contributed by atoms with Crippen LogP contribution in [0.1, 0.15) is 22.9 Å². The van der Waals surface area contributed by atoms with Gasteiger partial charge in [-0.05, 0) is 13.8 Å². The van der Waals surface area contributed by atoms with Gasteiger partial charge in [0.2, 0.25) is 0 Å². The van der Waals surface area contributed by atoms with Crippen LogP contribution in [-0.2, 0) is 4.74 Å². The summed E-state index contributed by atoms with van der Waals surface area (Å²) in [4.78, 5) is 5.38. The lowest BCUT2D eigenvalue weighted by Gasteiger charge is -2.15. The topological polar surface area (TPSA) is 54.4 Å². The third kappa shape index (κ3) is 4.25. The predicted molar refractivity (Wildman–Crippen MR) is 61.2 cm³/mol. The van der Waals surface area contributed by atoms with Crippen molar-refractivity contribution >= 4 is 11.3 Å². The highest BCUT2D eigenvalue weighted by atomic mass is 32.1. The molecule has 0 amide bonds. The van der Waals surface area contributed by atoms with Gasteiger partial charge in [-0.15, -0.1) is 11.3 Å². The van der Waals surface area contributed by atoms with Gasteiger partial charge in [-0.3, -0.25) is 0 Å². The Labute approximate surface area is 94.3 Å². The molecule has 0 saturated heterocycles. The Hall–Kier alpha value is -0.490. The van der Waals surface area contributed by atoms with E-state index < -0.39 is 6.10 Å². The molecule has 2 unspecified atom stereocenters. The fraction of sp³-hybridized carbons (Fsp3) is 0.700. The predicted octanol–water partition coefficient (Wildman–Crippen LogP) is 1.11. The Balaban J connectivity index is 2.33. The summed E-state index contributed by atoms with van der Waals surface area (Å²) in [6, 6.07) is 0.225. The van der Waals surface area contributed by atoms with Crippen molar-refractivity contribution in [2.45, 2.75) is 26.0 Å². The van der Waals surface area contributed by atoms with E-state index in [9.17, 15) is 5.11 Å². The average molecular weight is 230 g/mol. The van der Waals surface area contributed by atoms with E-state index in [1.165, 1.54) is 4.88 Å². The number of hydrogen-bond acceptors (Lipinski definition) is 5. The molecule has 0 aromatic carbocycles. The van der Waals surface area contributed by atoms with Gasteiger partial charge in [0.05, 0.1) is 17.7 Å². The first-order valence-corrected chi connectivity index (χ1v) is 5.78. The average Bonchev–Trinajstić information content (AvgIpc) is 2.62. The molecule has 1 aromatic heterocycles. The zero-order chi connectivity index (χ0) is 11.3. The van der Waals surface area contributed by atoms with Gasteiger partial charge in [-0.1, -0.05) is 0 Å². The molecule has 1 heterocycles. The van der Waals surface area contributed by atoms with Gasteiger partial charge >= 0.3 is 0 Å². The number of aryl methyl sites for hydroxylation is 1. The number of hydrogen-bond donors (Lipinski definition) is 2. The van der Waals surface area contributed by atoms with Gasteiger partial charge in [-0.25, -0.2) is 4.98 Å². The molecule has 2 atom stereocenters. The van der Waals surface area contributed by atoms with Gasteiger partial charge in [-0.2, -0.15) is 0 Å². The molecule has 0 fully saturated rings. The molecule has 86 valence electrons. The van der Waals surface area contributed by atoms with Gasteiger partial charge in [0.25, 0.3) is 0 Å². The number of aromatic nitrogens is 1. The second-order valence-electron chi connectivity index (χ2n) is 3.52. The molecule has 2 N–H and O–H groups in total. The lowest BCUT2D eigenvalue weighted by Crippen LogP contribution is -2.31. The number of ether oxygens (including phenoxy) is 1. The first kappa shape index (κ1) is 12.6. The largest absolute Gasteiger partial charge is 0.389 e. The molecule has 0 saturated carbocycles. The minimum atomic E-state index is -0.452. The van der Waals surface area contributed by atoms with E-state index in [0.29, 0.717) is 13.2 Å². The minimum Gasteiger partial charge on any atom is -0.389 e. The molecule has 0 bridgehead atoms. The smallest absolute Gasteiger partial charge is 0.0897 e. The van der Waals surface area contributed by atoms with Crippen LogP contribution >= 0.6 is 11.3 Å². The zero-order valence-corrected chi connectivity index (χ0v) is 10.2. The number of methoxy groups -OCH3 is 1. The maximum Gasteiger partial charge on any atom is 0.0897 e. The molecule has 0 aliphatic rings. The van der Waals surface area contributed by atoms with Crippen LogP contribution in [-0.4, -0.2) is 36.5 Å². The van der Waals surface area contributed by atoms with Gasteiger partial charge in [0, 0.05) is 30.8 Å². The quantitative estimate of drug-likeness (QED) is 0.768. The van der Waals surface area contributed by atoms with E-state index in [1.54, 1.807) is 18.4 Å². The number of nitrogens with zero attached hydrogens (tertiary/aromatic N) is 1. The van der Waals surface area contributed by atoms with Gasteiger partial charge in [0.1, 0.15) is 0 Å². The van der Waals surface area contributed by atoms with E-state index in [0.717, 1.165) is 5.01 Å². The number of nitrogens with one attached hydrogen (secondary N) is 1. The van der Waals surface area contributed by atoms with Crippen molar-refractivity contribution in [3.8, 4) is 0 Å². The molecular weight excluding hydrogens is 212 g/mol. The normalized spacial score (nSPS) is 15.2. The van der Waals surface area contributed by atoms with Crippen molar-refractivity contribution in [1.82, 2.24) is 10.3 Å². The monoisotopic (exact) mass is 230 g/mol. The van der Waals surface area contributed by atoms with Crippen LogP contribution in [0, 0.1) is 6.92 Å². The molecule has 4 nitrogen and oxygen atoms in total. The van der Waals surface area contributed by atoms with E-state index in [-0.39, 0.29) is 6.04 Å². The highest BCUT2D eigenvalue weighted by Crippen LogP contribution is 2.19. The Morgan fingerprint density at radius 1 is 1.67 bits per heavy atom. The maximum atomic E-state index is 9.45. The number of thiazole rings is 1. The van der Waals surface area contributed by atoms with Crippen LogP contribution in [0.15, 0.2) is 6.20 Å². The molecule has 0 aliphatic carbocycles. The molecule has 0 radical (unpaired) electrons. The standard InChI is InChI=1S/C10H18N2O2S/c1-7(10-5-12-8(2)15-10)11-4-9(13)6-14-3/h5,7,9,11,13H,4,6H2,1-3H3. The number of aliphatic hydroxyl groups excluding tert-OH is 1. The highest BCUT2D eigenvalue weighted by Gasteiger charge is 2.10. The van der Waals surface area contributed by atoms with Crippen LogP contribution in [0.25, 0.3) is 0 Å². The Bertz CT molecular complexity index is 291. The van der Waals surface area contributed by atoms with Crippen LogP contribution < -0.4 is 5.32 Å². The van der Waals surface area contributed by atoms with Crippen LogP contribution in [0.4, 0.5) is 0 Å². The molecule has 0 spiro atoms. The second-order valence-corrected chi connectivity index (χ2v) is 4.79. The number of rotatable bonds is 6. The molecular formula is C10H18N2O2S. The molecule has 1 rings (SSSR count). The molecule has 0 aliphatic heterocycles. The summed E-state index contributed by atoms with van der Waals surface area (Å²) >= 11 is 1.67. The summed E-state index contributed by atoms with van der Waals surface area (Å²) in [6.07, 6.45) is 1.42. The van der Waals surface area contributed by atoms with Crippen molar-refractivity contribution in [2.24, 2.45) is 0 Å². The first-order valence-electron chi connectivity index (χ1n) is 4.96. The maximum absolute atomic E-state index is 9.45. The fourth-order valence-electron chi connectivity index (χ4n) is 1.24. The Morgan fingerprint density at radius 3 is 2.93 bits per heavy atom. The van der Waals surface area contributed by atoms with E-state index in [1.807, 2.05) is 13.1 Å². The summed E-state index contributed by atoms with van der Waals surface area (Å²) in [5, 5.41) is 13.8. The van der Waals surface area contributed by atoms with Crippen molar-refractivity contribution in [3.63, 3.8) is 0 Å². The van der Waals surface area contributed by atoms with Gasteiger partial charge < -0.3 is 15.2 Å². The lowest BCUT2D eigenvalue weighted by atomic mass is 10.3. The molecule has 1 aromatic rings. The van der Waals surface area contributed by atoms with Crippen molar-refractivity contribution in [2.75, 3.05) is 20.3 Å². The summed E-state index contributed by atoms with van der Waals surface area (Å²) in [6.45, 7) is 4.94. The lowest BCUT2D eigenvalue weighted by molar-refractivity contribution is 0.0631. The zero-order valence-electron chi connectivity index (χ0n) is 9.36. The summed E-state index contributed by atoms with van der Waals surface area (Å²) in [5.74, 6) is 0. The van der Waals surface area contributed by atoms with E-state index in [4.69, 9.17) is 4.74 Å². The fourth-order valence-corrected chi connectivity index (χ4v) is 2.05. The van der Waals surface area contributed by atoms with Crippen LogP contribution in [0.3, 0.4) is 0 Å². The first-order chi connectivity index (χ1) is 7.13. The van der Waals surface area contributed by atoms with Crippen molar-refractivity contribution in [1.29, 1.82) is 0 Å². The van der Waals surface area contributed by atoms with Crippen molar-refractivity contribution < 1.29 is 9.84 Å². The van der Waals surface area contributed by atoms with Crippen molar-refractivity contribution in [3.05, 3.63) is 16.1 Å². The third-order valence-electron chi connectivity index (χ3n) is 2.08. The van der Waals surface area contributed by atoms with Crippen LogP contribution in [0.2, 0.25) is 0 Å². The summed E-state index contributed by atoms with van der Waals surface area (Å²) in [5.41, 5.74) is 0. The summed E-state index contributed by atoms with van der Waals surface area (Å²) in [7, 11) is 1.58. The second kappa shape index (κ2) is 6.17. The molecule has 15 heavy (non-hydrogen) atoms. The van der Waals surface area contributed by atoms with E-state index >= 15 is 0 Å². The van der Waals surface area contributed by atoms with Gasteiger partial charge in [0.15, 0.2) is 0 Å². The molecule has 5 heteroatoms. The minimum absolute atomic E-state index is 0.225.